The van der Waals surface area contributed by atoms with E-state index in [-0.39, 0.29) is 6.09 Å². The number of ether oxygens (including phenoxy) is 1. The van der Waals surface area contributed by atoms with Gasteiger partial charge in [-0.15, -0.1) is 0 Å². The van der Waals surface area contributed by atoms with Crippen LogP contribution in [-0.2, 0) is 4.74 Å². The minimum atomic E-state index is -0.396. The molecule has 4 heteroatoms. The Hall–Kier alpha value is -0.770. The lowest BCUT2D eigenvalue weighted by molar-refractivity contribution is 0.00529. The van der Waals surface area contributed by atoms with Crippen LogP contribution in [0.1, 0.15) is 41.0 Å². The fourth-order valence-corrected chi connectivity index (χ4v) is 1.66. The number of amides is 1. The van der Waals surface area contributed by atoms with Crippen molar-refractivity contribution in [1.29, 1.82) is 0 Å². The van der Waals surface area contributed by atoms with Gasteiger partial charge in [0.2, 0.25) is 0 Å². The summed E-state index contributed by atoms with van der Waals surface area (Å²) in [6.45, 7) is 12.7. The van der Waals surface area contributed by atoms with E-state index in [1.165, 1.54) is 6.42 Å². The molecule has 0 spiro atoms. The highest BCUT2D eigenvalue weighted by molar-refractivity contribution is 5.69. The smallest absolute Gasteiger partial charge is 0.410 e. The van der Waals surface area contributed by atoms with Crippen LogP contribution in [0.5, 0.6) is 0 Å². The minimum absolute atomic E-state index is 0.195. The standard InChI is InChI=1S/C13H26N2O2/c1-10(2)6-7-14-11-8-15(9-11)12(16)17-13(3,4)5/h10-11,14H,6-9H2,1-5H3. The van der Waals surface area contributed by atoms with E-state index in [1.54, 1.807) is 4.90 Å². The van der Waals surface area contributed by atoms with E-state index in [0.29, 0.717) is 6.04 Å². The van der Waals surface area contributed by atoms with E-state index in [2.05, 4.69) is 19.2 Å². The summed E-state index contributed by atoms with van der Waals surface area (Å²) < 4.78 is 5.29. The van der Waals surface area contributed by atoms with Gasteiger partial charge in [0.05, 0.1) is 0 Å². The second-order valence-corrected chi connectivity index (χ2v) is 6.22. The molecule has 0 unspecified atom stereocenters. The Bertz CT molecular complexity index is 253. The zero-order chi connectivity index (χ0) is 13.1. The third kappa shape index (κ3) is 5.39. The number of hydrogen-bond acceptors (Lipinski definition) is 3. The van der Waals surface area contributed by atoms with Crippen LogP contribution in [0.25, 0.3) is 0 Å². The number of carbonyl (C=O) groups excluding carboxylic acids is 1. The Labute approximate surface area is 105 Å². The van der Waals surface area contributed by atoms with Crippen molar-refractivity contribution in [2.45, 2.75) is 52.7 Å². The number of likely N-dealkylation sites (tertiary alicyclic amines) is 1. The zero-order valence-electron chi connectivity index (χ0n) is 11.7. The summed E-state index contributed by atoms with van der Waals surface area (Å²) in [6.07, 6.45) is 0.988. The summed E-state index contributed by atoms with van der Waals surface area (Å²) in [6, 6.07) is 0.446. The van der Waals surface area contributed by atoms with Crippen molar-refractivity contribution in [2.75, 3.05) is 19.6 Å². The summed E-state index contributed by atoms with van der Waals surface area (Å²) in [7, 11) is 0. The third-order valence-corrected chi connectivity index (χ3v) is 2.69. The van der Waals surface area contributed by atoms with E-state index < -0.39 is 5.60 Å². The van der Waals surface area contributed by atoms with Crippen molar-refractivity contribution in [3.63, 3.8) is 0 Å². The van der Waals surface area contributed by atoms with Crippen LogP contribution < -0.4 is 5.32 Å². The van der Waals surface area contributed by atoms with Gasteiger partial charge in [-0.3, -0.25) is 0 Å². The molecule has 0 atom stereocenters. The molecule has 1 rings (SSSR count). The average Bonchev–Trinajstić information content (AvgIpc) is 2.04. The number of carbonyl (C=O) groups is 1. The van der Waals surface area contributed by atoms with Crippen molar-refractivity contribution < 1.29 is 9.53 Å². The second-order valence-electron chi connectivity index (χ2n) is 6.22. The van der Waals surface area contributed by atoms with E-state index in [9.17, 15) is 4.79 Å². The molecule has 1 saturated heterocycles. The first kappa shape index (κ1) is 14.3. The fraction of sp³-hybridized carbons (Fsp3) is 0.923. The van der Waals surface area contributed by atoms with E-state index >= 15 is 0 Å². The molecule has 0 bridgehead atoms. The SMILES string of the molecule is CC(C)CCNC1CN(C(=O)OC(C)(C)C)C1. The molecular weight excluding hydrogens is 216 g/mol. The highest BCUT2D eigenvalue weighted by atomic mass is 16.6. The van der Waals surface area contributed by atoms with Crippen LogP contribution in [0.2, 0.25) is 0 Å². The molecule has 4 nitrogen and oxygen atoms in total. The molecule has 0 radical (unpaired) electrons. The van der Waals surface area contributed by atoms with Crippen LogP contribution in [0.4, 0.5) is 4.79 Å². The Kier molecular flexibility index (Phi) is 4.80. The molecular formula is C13H26N2O2. The Morgan fingerprint density at radius 2 is 2.00 bits per heavy atom. The number of nitrogens with one attached hydrogen (secondary N) is 1. The lowest BCUT2D eigenvalue weighted by atomic mass is 10.1. The third-order valence-electron chi connectivity index (χ3n) is 2.69. The first-order chi connectivity index (χ1) is 7.78. The highest BCUT2D eigenvalue weighted by Gasteiger charge is 2.33. The number of nitrogens with zero attached hydrogens (tertiary/aromatic N) is 1. The van der Waals surface area contributed by atoms with Gasteiger partial charge in [0.1, 0.15) is 5.60 Å². The van der Waals surface area contributed by atoms with Crippen molar-refractivity contribution >= 4 is 6.09 Å². The van der Waals surface area contributed by atoms with Gasteiger partial charge in [0.25, 0.3) is 0 Å². The molecule has 0 aliphatic carbocycles. The van der Waals surface area contributed by atoms with Gasteiger partial charge in [-0.1, -0.05) is 13.8 Å². The molecule has 1 amide bonds. The summed E-state index contributed by atoms with van der Waals surface area (Å²) in [4.78, 5) is 13.4. The lowest BCUT2D eigenvalue weighted by Crippen LogP contribution is -2.60. The molecule has 1 fully saturated rings. The molecule has 1 aliphatic rings. The second kappa shape index (κ2) is 5.71. The topological polar surface area (TPSA) is 41.6 Å². The van der Waals surface area contributed by atoms with Gasteiger partial charge in [0.15, 0.2) is 0 Å². The maximum absolute atomic E-state index is 11.6. The van der Waals surface area contributed by atoms with Crippen LogP contribution in [0, 0.1) is 5.92 Å². The normalized spacial score (nSPS) is 17.2. The van der Waals surface area contributed by atoms with E-state index in [4.69, 9.17) is 4.74 Å². The molecule has 1 N–H and O–H groups in total. The van der Waals surface area contributed by atoms with Gasteiger partial charge in [0, 0.05) is 19.1 Å². The molecule has 1 aliphatic heterocycles. The van der Waals surface area contributed by atoms with E-state index in [1.807, 2.05) is 20.8 Å². The van der Waals surface area contributed by atoms with Crippen molar-refractivity contribution in [3.05, 3.63) is 0 Å². The van der Waals surface area contributed by atoms with Crippen molar-refractivity contribution in [3.8, 4) is 0 Å². The van der Waals surface area contributed by atoms with Gasteiger partial charge in [-0.25, -0.2) is 4.79 Å². The summed E-state index contributed by atoms with van der Waals surface area (Å²) in [5.41, 5.74) is -0.396. The largest absolute Gasteiger partial charge is 0.444 e. The van der Waals surface area contributed by atoms with Crippen LogP contribution in [0.3, 0.4) is 0 Å². The predicted molar refractivity (Wildman–Crippen MR) is 69.1 cm³/mol. The van der Waals surface area contributed by atoms with Crippen molar-refractivity contribution in [1.82, 2.24) is 10.2 Å². The minimum Gasteiger partial charge on any atom is -0.444 e. The van der Waals surface area contributed by atoms with Crippen LogP contribution >= 0.6 is 0 Å². The zero-order valence-corrected chi connectivity index (χ0v) is 11.7. The molecule has 0 aromatic carbocycles. The maximum atomic E-state index is 11.6. The molecule has 0 aromatic heterocycles. The Morgan fingerprint density at radius 1 is 1.41 bits per heavy atom. The number of rotatable bonds is 4. The molecule has 1 heterocycles. The summed E-state index contributed by atoms with van der Waals surface area (Å²) in [5, 5.41) is 3.45. The Balaban J connectivity index is 2.12. The summed E-state index contributed by atoms with van der Waals surface area (Å²) >= 11 is 0. The van der Waals surface area contributed by atoms with Gasteiger partial charge >= 0.3 is 6.09 Å². The Morgan fingerprint density at radius 3 is 2.47 bits per heavy atom. The fourth-order valence-electron chi connectivity index (χ4n) is 1.66. The predicted octanol–water partition coefficient (Wildman–Crippen LogP) is 2.24. The van der Waals surface area contributed by atoms with Crippen LogP contribution in [0.15, 0.2) is 0 Å². The van der Waals surface area contributed by atoms with Crippen molar-refractivity contribution in [2.24, 2.45) is 5.92 Å². The monoisotopic (exact) mass is 242 g/mol. The quantitative estimate of drug-likeness (QED) is 0.822. The van der Waals surface area contributed by atoms with E-state index in [0.717, 1.165) is 25.6 Å². The first-order valence-corrected chi connectivity index (χ1v) is 6.49. The summed E-state index contributed by atoms with van der Waals surface area (Å²) in [5.74, 6) is 0.726. The van der Waals surface area contributed by atoms with Crippen LogP contribution in [-0.4, -0.2) is 42.3 Å². The molecule has 0 aromatic rings. The number of hydrogen-bond donors (Lipinski definition) is 1. The molecule has 100 valence electrons. The maximum Gasteiger partial charge on any atom is 0.410 e. The lowest BCUT2D eigenvalue weighted by Gasteiger charge is -2.40. The van der Waals surface area contributed by atoms with Gasteiger partial charge in [-0.2, -0.15) is 0 Å². The molecule has 0 saturated carbocycles. The first-order valence-electron chi connectivity index (χ1n) is 6.49. The van der Waals surface area contributed by atoms with Gasteiger partial charge in [-0.05, 0) is 39.7 Å². The average molecular weight is 242 g/mol. The van der Waals surface area contributed by atoms with Gasteiger partial charge < -0.3 is 15.0 Å². The molecule has 17 heavy (non-hydrogen) atoms. The highest BCUT2D eigenvalue weighted by Crippen LogP contribution is 2.15.